The van der Waals surface area contributed by atoms with Crippen LogP contribution in [0.2, 0.25) is 0 Å². The van der Waals surface area contributed by atoms with E-state index >= 15 is 0 Å². The topological polar surface area (TPSA) is 109 Å². The van der Waals surface area contributed by atoms with Crippen molar-refractivity contribution in [2.24, 2.45) is 0 Å². The number of amides is 1. The van der Waals surface area contributed by atoms with Gasteiger partial charge in [-0.15, -0.1) is 0 Å². The van der Waals surface area contributed by atoms with Crippen molar-refractivity contribution in [2.45, 2.75) is 30.2 Å². The molecular formula is C25H22N4O4S. The van der Waals surface area contributed by atoms with Crippen LogP contribution in [0.4, 0.5) is 5.69 Å². The first kappa shape index (κ1) is 23.2. The summed E-state index contributed by atoms with van der Waals surface area (Å²) < 4.78 is 0. The van der Waals surface area contributed by atoms with Crippen molar-refractivity contribution >= 4 is 34.3 Å². The van der Waals surface area contributed by atoms with Gasteiger partial charge in [0.05, 0.1) is 27.3 Å². The van der Waals surface area contributed by atoms with Crippen molar-refractivity contribution in [1.82, 2.24) is 14.9 Å². The number of rotatable bonds is 7. The molecule has 1 aromatic heterocycles. The van der Waals surface area contributed by atoms with Gasteiger partial charge in [-0.25, -0.2) is 4.98 Å². The average molecular weight is 475 g/mol. The van der Waals surface area contributed by atoms with Gasteiger partial charge < -0.3 is 9.88 Å². The maximum absolute atomic E-state index is 13.2. The Morgan fingerprint density at radius 2 is 1.85 bits per heavy atom. The summed E-state index contributed by atoms with van der Waals surface area (Å²) in [6, 6.07) is 19.1. The first-order valence-electron chi connectivity index (χ1n) is 10.7. The molecule has 4 aromatic rings. The van der Waals surface area contributed by atoms with Gasteiger partial charge in [0.1, 0.15) is 5.82 Å². The molecule has 0 aliphatic rings. The third-order valence-corrected chi connectivity index (χ3v) is 6.40. The van der Waals surface area contributed by atoms with E-state index in [1.807, 2.05) is 31.2 Å². The third kappa shape index (κ3) is 4.99. The molecule has 1 N–H and O–H groups in total. The van der Waals surface area contributed by atoms with E-state index < -0.39 is 4.92 Å². The zero-order valence-corrected chi connectivity index (χ0v) is 19.5. The van der Waals surface area contributed by atoms with E-state index in [0.29, 0.717) is 28.2 Å². The third-order valence-electron chi connectivity index (χ3n) is 5.32. The first-order valence-corrected chi connectivity index (χ1v) is 11.5. The second-order valence-corrected chi connectivity index (χ2v) is 8.82. The molecule has 8 nitrogen and oxygen atoms in total. The number of carbonyl (C=O) groups excluding carboxylic acids is 1. The standard InChI is InChI=1S/C25H22N4O4S/c1-3-28(15-23-26-20-7-5-4-6-19(20)24(30)27-23)25(31)17-10-13-22(21(14-17)29(32)33)34-18-11-8-16(2)9-12-18/h4-14H,3,15H2,1-2H3,(H,26,27,30). The molecule has 0 fully saturated rings. The second kappa shape index (κ2) is 9.88. The molecule has 0 atom stereocenters. The molecule has 0 saturated heterocycles. The molecule has 4 rings (SSSR count). The summed E-state index contributed by atoms with van der Waals surface area (Å²) in [5, 5.41) is 12.2. The number of carbonyl (C=O) groups is 1. The molecule has 34 heavy (non-hydrogen) atoms. The summed E-state index contributed by atoms with van der Waals surface area (Å²) in [6.45, 7) is 4.18. The van der Waals surface area contributed by atoms with Crippen molar-refractivity contribution in [3.63, 3.8) is 0 Å². The van der Waals surface area contributed by atoms with Gasteiger partial charge in [0.2, 0.25) is 0 Å². The zero-order valence-electron chi connectivity index (χ0n) is 18.6. The number of nitrogens with one attached hydrogen (secondary N) is 1. The Labute approximate surface area is 199 Å². The van der Waals surface area contributed by atoms with Crippen LogP contribution in [0.1, 0.15) is 28.7 Å². The molecule has 0 spiro atoms. The summed E-state index contributed by atoms with van der Waals surface area (Å²) in [7, 11) is 0. The summed E-state index contributed by atoms with van der Waals surface area (Å²) in [6.07, 6.45) is 0. The first-order chi connectivity index (χ1) is 16.4. The molecule has 0 bridgehead atoms. The fourth-order valence-electron chi connectivity index (χ4n) is 3.51. The van der Waals surface area contributed by atoms with Crippen LogP contribution in [-0.4, -0.2) is 32.2 Å². The predicted octanol–water partition coefficient (Wildman–Crippen LogP) is 4.95. The summed E-state index contributed by atoms with van der Waals surface area (Å²) in [5.74, 6) is -0.0340. The number of aromatic nitrogens is 2. The van der Waals surface area contributed by atoms with Crippen molar-refractivity contribution in [2.75, 3.05) is 6.54 Å². The van der Waals surface area contributed by atoms with Gasteiger partial charge in [0.15, 0.2) is 0 Å². The Balaban J connectivity index is 1.60. The number of aryl methyl sites for hydroxylation is 1. The number of nitrogens with zero attached hydrogens (tertiary/aromatic N) is 3. The van der Waals surface area contributed by atoms with E-state index in [9.17, 15) is 19.7 Å². The summed E-state index contributed by atoms with van der Waals surface area (Å²) in [5.41, 5.74) is 1.42. The quantitative estimate of drug-likeness (QED) is 0.300. The van der Waals surface area contributed by atoms with Crippen molar-refractivity contribution in [1.29, 1.82) is 0 Å². The summed E-state index contributed by atoms with van der Waals surface area (Å²) >= 11 is 1.27. The Kier molecular flexibility index (Phi) is 6.74. The van der Waals surface area contributed by atoms with Gasteiger partial charge in [-0.05, 0) is 50.2 Å². The molecule has 172 valence electrons. The molecule has 0 saturated carbocycles. The Morgan fingerprint density at radius 1 is 1.12 bits per heavy atom. The van der Waals surface area contributed by atoms with Crippen LogP contribution in [0, 0.1) is 17.0 Å². The highest BCUT2D eigenvalue weighted by molar-refractivity contribution is 7.99. The number of hydrogen-bond acceptors (Lipinski definition) is 6. The van der Waals surface area contributed by atoms with Crippen LogP contribution in [0.15, 0.2) is 81.3 Å². The molecule has 0 unspecified atom stereocenters. The van der Waals surface area contributed by atoms with Crippen LogP contribution in [0.3, 0.4) is 0 Å². The molecule has 1 amide bonds. The molecular weight excluding hydrogens is 452 g/mol. The van der Waals surface area contributed by atoms with Crippen LogP contribution in [0.25, 0.3) is 10.9 Å². The number of H-pyrrole nitrogens is 1. The smallest absolute Gasteiger partial charge is 0.284 e. The monoisotopic (exact) mass is 474 g/mol. The fraction of sp³-hybridized carbons (Fsp3) is 0.160. The SMILES string of the molecule is CCN(Cc1nc2ccccc2c(=O)[nH]1)C(=O)c1ccc(Sc2ccc(C)cc2)c([N+](=O)[O-])c1. The summed E-state index contributed by atoms with van der Waals surface area (Å²) in [4.78, 5) is 46.8. The number of hydrogen-bond donors (Lipinski definition) is 1. The highest BCUT2D eigenvalue weighted by atomic mass is 32.2. The van der Waals surface area contributed by atoms with Crippen molar-refractivity contribution in [3.8, 4) is 0 Å². The highest BCUT2D eigenvalue weighted by Crippen LogP contribution is 2.35. The molecule has 0 aliphatic carbocycles. The van der Waals surface area contributed by atoms with E-state index in [1.54, 1.807) is 43.3 Å². The lowest BCUT2D eigenvalue weighted by Gasteiger charge is -2.20. The van der Waals surface area contributed by atoms with E-state index in [4.69, 9.17) is 0 Å². The van der Waals surface area contributed by atoms with Gasteiger partial charge in [-0.2, -0.15) is 0 Å². The lowest BCUT2D eigenvalue weighted by molar-refractivity contribution is -0.387. The van der Waals surface area contributed by atoms with Crippen molar-refractivity contribution in [3.05, 3.63) is 104 Å². The number of nitro benzene ring substituents is 1. The van der Waals surface area contributed by atoms with Gasteiger partial charge in [-0.1, -0.05) is 41.6 Å². The number of benzene rings is 3. The van der Waals surface area contributed by atoms with E-state index in [-0.39, 0.29) is 29.3 Å². The average Bonchev–Trinajstić information content (AvgIpc) is 2.83. The minimum Gasteiger partial charge on any atom is -0.331 e. The van der Waals surface area contributed by atoms with Gasteiger partial charge in [0, 0.05) is 23.1 Å². The minimum atomic E-state index is -0.480. The molecule has 0 radical (unpaired) electrons. The normalized spacial score (nSPS) is 10.9. The second-order valence-electron chi connectivity index (χ2n) is 7.70. The highest BCUT2D eigenvalue weighted by Gasteiger charge is 2.22. The van der Waals surface area contributed by atoms with Crippen LogP contribution in [0.5, 0.6) is 0 Å². The lowest BCUT2D eigenvalue weighted by Crippen LogP contribution is -2.32. The molecule has 3 aromatic carbocycles. The van der Waals surface area contributed by atoms with Crippen LogP contribution in [-0.2, 0) is 6.54 Å². The Morgan fingerprint density at radius 3 is 2.56 bits per heavy atom. The lowest BCUT2D eigenvalue weighted by atomic mass is 10.1. The van der Waals surface area contributed by atoms with Gasteiger partial charge in [-0.3, -0.25) is 19.7 Å². The number of para-hydroxylation sites is 1. The van der Waals surface area contributed by atoms with E-state index in [1.165, 1.54) is 22.7 Å². The molecule has 1 heterocycles. The fourth-order valence-corrected chi connectivity index (χ4v) is 4.41. The van der Waals surface area contributed by atoms with Gasteiger partial charge in [0.25, 0.3) is 17.2 Å². The largest absolute Gasteiger partial charge is 0.331 e. The maximum Gasteiger partial charge on any atom is 0.284 e. The van der Waals surface area contributed by atoms with Gasteiger partial charge >= 0.3 is 0 Å². The number of aromatic amines is 1. The number of nitro groups is 1. The zero-order chi connectivity index (χ0) is 24.2. The number of fused-ring (bicyclic) bond motifs is 1. The minimum absolute atomic E-state index is 0.0725. The van der Waals surface area contributed by atoms with Crippen LogP contribution < -0.4 is 5.56 Å². The maximum atomic E-state index is 13.2. The van der Waals surface area contributed by atoms with E-state index in [2.05, 4.69) is 9.97 Å². The Bertz CT molecular complexity index is 1430. The van der Waals surface area contributed by atoms with Crippen LogP contribution >= 0.6 is 11.8 Å². The molecule has 9 heteroatoms. The van der Waals surface area contributed by atoms with E-state index in [0.717, 1.165) is 10.5 Å². The van der Waals surface area contributed by atoms with Crippen molar-refractivity contribution < 1.29 is 9.72 Å². The Hall–Kier alpha value is -3.98. The molecule has 0 aliphatic heterocycles. The predicted molar refractivity (Wildman–Crippen MR) is 131 cm³/mol.